The number of benzene rings is 2. The van der Waals surface area contributed by atoms with Crippen molar-refractivity contribution in [2.45, 2.75) is 6.92 Å². The highest BCUT2D eigenvalue weighted by molar-refractivity contribution is 6.32. The Labute approximate surface area is 115 Å². The average Bonchev–Trinajstić information content (AvgIpc) is 2.40. The molecule has 0 spiro atoms. The van der Waals surface area contributed by atoms with Crippen LogP contribution in [0.15, 0.2) is 42.5 Å². The SMILES string of the molecule is Cc1ccc(C(=O)COc2cc(F)ccc2Cl)cc1. The van der Waals surface area contributed by atoms with Crippen LogP contribution in [-0.4, -0.2) is 12.4 Å². The molecule has 0 aromatic heterocycles. The summed E-state index contributed by atoms with van der Waals surface area (Å²) in [4.78, 5) is 11.9. The van der Waals surface area contributed by atoms with Crippen molar-refractivity contribution in [2.75, 3.05) is 6.61 Å². The second-order valence-electron chi connectivity index (χ2n) is 4.15. The molecule has 2 nitrogen and oxygen atoms in total. The van der Waals surface area contributed by atoms with Crippen molar-refractivity contribution in [1.29, 1.82) is 0 Å². The van der Waals surface area contributed by atoms with Gasteiger partial charge in [-0.25, -0.2) is 4.39 Å². The van der Waals surface area contributed by atoms with Crippen molar-refractivity contribution >= 4 is 17.4 Å². The first-order valence-electron chi connectivity index (χ1n) is 5.74. The second kappa shape index (κ2) is 5.85. The molecule has 0 radical (unpaired) electrons. The Morgan fingerprint density at radius 3 is 2.58 bits per heavy atom. The van der Waals surface area contributed by atoms with Gasteiger partial charge in [-0.2, -0.15) is 0 Å². The molecule has 0 unspecified atom stereocenters. The van der Waals surface area contributed by atoms with Crippen LogP contribution in [0.4, 0.5) is 4.39 Å². The van der Waals surface area contributed by atoms with E-state index in [-0.39, 0.29) is 23.2 Å². The van der Waals surface area contributed by atoms with Gasteiger partial charge >= 0.3 is 0 Å². The monoisotopic (exact) mass is 278 g/mol. The fraction of sp³-hybridized carbons (Fsp3) is 0.133. The Morgan fingerprint density at radius 1 is 1.21 bits per heavy atom. The van der Waals surface area contributed by atoms with Crippen molar-refractivity contribution in [2.24, 2.45) is 0 Å². The zero-order chi connectivity index (χ0) is 13.8. The van der Waals surface area contributed by atoms with Gasteiger partial charge in [0.1, 0.15) is 11.6 Å². The summed E-state index contributed by atoms with van der Waals surface area (Å²) in [5.41, 5.74) is 1.63. The molecule has 0 fully saturated rings. The molecule has 98 valence electrons. The molecule has 0 aliphatic heterocycles. The van der Waals surface area contributed by atoms with E-state index in [4.69, 9.17) is 16.3 Å². The summed E-state index contributed by atoms with van der Waals surface area (Å²) in [7, 11) is 0. The average molecular weight is 279 g/mol. The number of hydrogen-bond acceptors (Lipinski definition) is 2. The smallest absolute Gasteiger partial charge is 0.200 e. The Balaban J connectivity index is 2.04. The van der Waals surface area contributed by atoms with Gasteiger partial charge in [-0.1, -0.05) is 41.4 Å². The first-order valence-corrected chi connectivity index (χ1v) is 6.12. The standard InChI is InChI=1S/C15H12ClFO2/c1-10-2-4-11(5-3-10)14(18)9-19-15-8-12(17)6-7-13(15)16/h2-8H,9H2,1H3. The molecule has 0 heterocycles. The van der Waals surface area contributed by atoms with Crippen LogP contribution in [0.3, 0.4) is 0 Å². The zero-order valence-corrected chi connectivity index (χ0v) is 11.1. The second-order valence-corrected chi connectivity index (χ2v) is 4.56. The maximum Gasteiger partial charge on any atom is 0.200 e. The van der Waals surface area contributed by atoms with Crippen molar-refractivity contribution in [3.8, 4) is 5.75 Å². The molecule has 0 saturated heterocycles. The molecule has 0 saturated carbocycles. The van der Waals surface area contributed by atoms with Gasteiger partial charge < -0.3 is 4.74 Å². The Kier molecular flexibility index (Phi) is 4.17. The number of carbonyl (C=O) groups excluding carboxylic acids is 1. The van der Waals surface area contributed by atoms with Gasteiger partial charge in [-0.3, -0.25) is 4.79 Å². The molecule has 2 aromatic carbocycles. The van der Waals surface area contributed by atoms with Gasteiger partial charge in [0.15, 0.2) is 12.4 Å². The molecule has 2 rings (SSSR count). The minimum atomic E-state index is -0.456. The molecule has 0 aliphatic rings. The van der Waals surface area contributed by atoms with Crippen molar-refractivity contribution in [3.63, 3.8) is 0 Å². The Hall–Kier alpha value is -1.87. The van der Waals surface area contributed by atoms with Gasteiger partial charge in [0, 0.05) is 11.6 Å². The van der Waals surface area contributed by atoms with E-state index in [0.29, 0.717) is 5.56 Å². The van der Waals surface area contributed by atoms with Crippen molar-refractivity contribution in [3.05, 3.63) is 64.4 Å². The van der Waals surface area contributed by atoms with E-state index in [1.807, 2.05) is 19.1 Å². The Bertz CT molecular complexity index is 594. The maximum absolute atomic E-state index is 13.0. The maximum atomic E-state index is 13.0. The predicted octanol–water partition coefficient (Wildman–Crippen LogP) is 4.05. The van der Waals surface area contributed by atoms with E-state index in [2.05, 4.69) is 0 Å². The highest BCUT2D eigenvalue weighted by Gasteiger charge is 2.09. The fourth-order valence-electron chi connectivity index (χ4n) is 1.55. The number of carbonyl (C=O) groups is 1. The normalized spacial score (nSPS) is 10.3. The topological polar surface area (TPSA) is 26.3 Å². The number of rotatable bonds is 4. The summed E-state index contributed by atoms with van der Waals surface area (Å²) in [5.74, 6) is -0.468. The minimum Gasteiger partial charge on any atom is -0.484 e. The first kappa shape index (κ1) is 13.6. The quantitative estimate of drug-likeness (QED) is 0.789. The molecule has 0 aliphatic carbocycles. The van der Waals surface area contributed by atoms with Gasteiger partial charge in [0.2, 0.25) is 0 Å². The van der Waals surface area contributed by atoms with Crippen LogP contribution in [0.25, 0.3) is 0 Å². The third kappa shape index (κ3) is 3.55. The lowest BCUT2D eigenvalue weighted by atomic mass is 10.1. The Morgan fingerprint density at radius 2 is 1.89 bits per heavy atom. The number of hydrogen-bond donors (Lipinski definition) is 0. The van der Waals surface area contributed by atoms with Crippen LogP contribution in [0.5, 0.6) is 5.75 Å². The summed E-state index contributed by atoms with van der Waals surface area (Å²) in [6, 6.07) is 10.9. The van der Waals surface area contributed by atoms with Crippen LogP contribution in [0.1, 0.15) is 15.9 Å². The van der Waals surface area contributed by atoms with Crippen LogP contribution in [0, 0.1) is 12.7 Å². The van der Waals surface area contributed by atoms with Crippen LogP contribution < -0.4 is 4.74 Å². The molecular weight excluding hydrogens is 267 g/mol. The number of Topliss-reactive ketones (excluding diaryl/α,β-unsaturated/α-hetero) is 1. The van der Waals surface area contributed by atoms with Crippen molar-refractivity contribution < 1.29 is 13.9 Å². The molecular formula is C15H12ClFO2. The van der Waals surface area contributed by atoms with Crippen LogP contribution in [-0.2, 0) is 0 Å². The van der Waals surface area contributed by atoms with E-state index in [0.717, 1.165) is 11.6 Å². The molecule has 0 bridgehead atoms. The summed E-state index contributed by atoms with van der Waals surface area (Å²) in [6.45, 7) is 1.77. The van der Waals surface area contributed by atoms with E-state index >= 15 is 0 Å². The van der Waals surface area contributed by atoms with E-state index < -0.39 is 5.82 Å². The summed E-state index contributed by atoms with van der Waals surface area (Å²) >= 11 is 5.84. The molecule has 0 amide bonds. The summed E-state index contributed by atoms with van der Waals surface area (Å²) < 4.78 is 18.3. The predicted molar refractivity (Wildman–Crippen MR) is 72.4 cm³/mol. The van der Waals surface area contributed by atoms with Gasteiger partial charge in [-0.05, 0) is 19.1 Å². The fourth-order valence-corrected chi connectivity index (χ4v) is 1.73. The molecule has 4 heteroatoms. The summed E-state index contributed by atoms with van der Waals surface area (Å²) in [5, 5.41) is 0.276. The third-order valence-corrected chi connectivity index (χ3v) is 2.94. The lowest BCUT2D eigenvalue weighted by Gasteiger charge is -2.07. The molecule has 19 heavy (non-hydrogen) atoms. The minimum absolute atomic E-state index is 0.169. The van der Waals surface area contributed by atoms with Gasteiger partial charge in [0.25, 0.3) is 0 Å². The number of ketones is 1. The highest BCUT2D eigenvalue weighted by Crippen LogP contribution is 2.25. The van der Waals surface area contributed by atoms with E-state index in [9.17, 15) is 9.18 Å². The lowest BCUT2D eigenvalue weighted by Crippen LogP contribution is -2.11. The van der Waals surface area contributed by atoms with E-state index in [1.54, 1.807) is 12.1 Å². The van der Waals surface area contributed by atoms with Crippen molar-refractivity contribution in [1.82, 2.24) is 0 Å². The molecule has 0 N–H and O–H groups in total. The van der Waals surface area contributed by atoms with Gasteiger partial charge in [-0.15, -0.1) is 0 Å². The molecule has 0 atom stereocenters. The van der Waals surface area contributed by atoms with Gasteiger partial charge in [0.05, 0.1) is 5.02 Å². The largest absolute Gasteiger partial charge is 0.484 e. The number of halogens is 2. The first-order chi connectivity index (χ1) is 9.06. The molecule has 2 aromatic rings. The van der Waals surface area contributed by atoms with Crippen LogP contribution >= 0.6 is 11.6 Å². The third-order valence-electron chi connectivity index (χ3n) is 2.63. The zero-order valence-electron chi connectivity index (χ0n) is 10.3. The summed E-state index contributed by atoms with van der Waals surface area (Å²) in [6.07, 6.45) is 0. The number of ether oxygens (including phenoxy) is 1. The lowest BCUT2D eigenvalue weighted by molar-refractivity contribution is 0.0921. The highest BCUT2D eigenvalue weighted by atomic mass is 35.5. The number of aryl methyl sites for hydroxylation is 1. The van der Waals surface area contributed by atoms with Crippen LogP contribution in [0.2, 0.25) is 5.02 Å². The van der Waals surface area contributed by atoms with E-state index in [1.165, 1.54) is 12.1 Å².